The predicted octanol–water partition coefficient (Wildman–Crippen LogP) is 5.26. The van der Waals surface area contributed by atoms with Gasteiger partial charge in [-0.05, 0) is 35.9 Å². The smallest absolute Gasteiger partial charge is 0.160 e. The van der Waals surface area contributed by atoms with Crippen molar-refractivity contribution in [2.45, 2.75) is 6.92 Å². The molecule has 0 radical (unpaired) electrons. The number of carbonyl (C=O) groups excluding carboxylic acids is 1. The van der Waals surface area contributed by atoms with Crippen molar-refractivity contribution in [1.82, 2.24) is 4.98 Å². The van der Waals surface area contributed by atoms with Gasteiger partial charge in [-0.2, -0.15) is 0 Å². The zero-order chi connectivity index (χ0) is 15.8. The van der Waals surface area contributed by atoms with Gasteiger partial charge in [-0.3, -0.25) is 4.79 Å². The fourth-order valence-corrected chi connectivity index (χ4v) is 2.96. The predicted molar refractivity (Wildman–Crippen MR) is 94.7 cm³/mol. The van der Waals surface area contributed by atoms with Gasteiger partial charge in [0, 0.05) is 16.5 Å². The summed E-state index contributed by atoms with van der Waals surface area (Å²) in [5.41, 5.74) is 3.43. The Morgan fingerprint density at radius 1 is 0.826 bits per heavy atom. The Morgan fingerprint density at radius 2 is 1.57 bits per heavy atom. The summed E-state index contributed by atoms with van der Waals surface area (Å²) in [7, 11) is 0. The van der Waals surface area contributed by atoms with Gasteiger partial charge in [-0.25, -0.2) is 4.98 Å². The Hall–Kier alpha value is -3.00. The average molecular weight is 297 g/mol. The van der Waals surface area contributed by atoms with Gasteiger partial charge in [0.15, 0.2) is 5.78 Å². The summed E-state index contributed by atoms with van der Waals surface area (Å²) in [6.45, 7) is 1.60. The van der Waals surface area contributed by atoms with Crippen molar-refractivity contribution in [2.24, 2.45) is 0 Å². The maximum atomic E-state index is 12.0. The van der Waals surface area contributed by atoms with Gasteiger partial charge in [-0.1, -0.05) is 54.6 Å². The Labute approximate surface area is 134 Å². The Bertz CT molecular complexity index is 1050. The second-order valence-electron chi connectivity index (χ2n) is 5.69. The first-order chi connectivity index (χ1) is 11.2. The molecule has 1 aromatic heterocycles. The lowest BCUT2D eigenvalue weighted by molar-refractivity contribution is 0.101. The largest absolute Gasteiger partial charge is 0.294 e. The van der Waals surface area contributed by atoms with Crippen molar-refractivity contribution in [3.63, 3.8) is 0 Å². The maximum absolute atomic E-state index is 12.0. The van der Waals surface area contributed by atoms with Gasteiger partial charge in [0.05, 0.1) is 11.2 Å². The number of fused-ring (bicyclic) bond motifs is 2. The third kappa shape index (κ3) is 2.38. The molecule has 0 saturated carbocycles. The van der Waals surface area contributed by atoms with Gasteiger partial charge in [0.2, 0.25) is 0 Å². The number of para-hydroxylation sites is 1. The molecule has 2 nitrogen and oxygen atoms in total. The van der Waals surface area contributed by atoms with E-state index >= 15 is 0 Å². The lowest BCUT2D eigenvalue weighted by Gasteiger charge is -2.08. The molecule has 0 spiro atoms. The molecule has 0 N–H and O–H groups in total. The Morgan fingerprint density at radius 3 is 2.39 bits per heavy atom. The summed E-state index contributed by atoms with van der Waals surface area (Å²) in [5.74, 6) is 0.0608. The zero-order valence-electron chi connectivity index (χ0n) is 12.8. The fraction of sp³-hybridized carbons (Fsp3) is 0.0476. The normalized spacial score (nSPS) is 11.0. The summed E-state index contributed by atoms with van der Waals surface area (Å²) in [6.07, 6.45) is 0. The van der Waals surface area contributed by atoms with Gasteiger partial charge < -0.3 is 0 Å². The molecule has 0 unspecified atom stereocenters. The van der Waals surface area contributed by atoms with Crippen molar-refractivity contribution in [3.05, 3.63) is 78.4 Å². The standard InChI is InChI=1S/C21H15NO/c1-14(23)19-13-21(22-20-9-5-4-8-18(19)20)17-11-10-15-6-2-3-7-16(15)12-17/h2-13H,1H3. The first-order valence-corrected chi connectivity index (χ1v) is 7.62. The molecule has 4 aromatic rings. The molecule has 0 aliphatic heterocycles. The molecular weight excluding hydrogens is 282 g/mol. The first-order valence-electron chi connectivity index (χ1n) is 7.62. The highest BCUT2D eigenvalue weighted by Gasteiger charge is 2.10. The molecule has 0 atom stereocenters. The molecule has 0 aliphatic carbocycles. The number of benzene rings is 3. The molecule has 0 amide bonds. The van der Waals surface area contributed by atoms with E-state index < -0.39 is 0 Å². The van der Waals surface area contributed by atoms with E-state index in [9.17, 15) is 4.79 Å². The van der Waals surface area contributed by atoms with E-state index in [0.29, 0.717) is 0 Å². The quantitative estimate of drug-likeness (QED) is 0.472. The van der Waals surface area contributed by atoms with Crippen LogP contribution in [0.4, 0.5) is 0 Å². The molecule has 0 aliphatic rings. The molecule has 3 aromatic carbocycles. The molecule has 1 heterocycles. The Balaban J connectivity index is 1.98. The number of ketones is 1. The number of pyridine rings is 1. The summed E-state index contributed by atoms with van der Waals surface area (Å²) in [4.78, 5) is 16.8. The van der Waals surface area contributed by atoms with Crippen LogP contribution >= 0.6 is 0 Å². The van der Waals surface area contributed by atoms with Crippen LogP contribution in [0.25, 0.3) is 32.9 Å². The van der Waals surface area contributed by atoms with Gasteiger partial charge in [-0.15, -0.1) is 0 Å². The van der Waals surface area contributed by atoms with E-state index in [0.717, 1.165) is 27.7 Å². The van der Waals surface area contributed by atoms with Gasteiger partial charge >= 0.3 is 0 Å². The van der Waals surface area contributed by atoms with Crippen molar-refractivity contribution in [1.29, 1.82) is 0 Å². The van der Waals surface area contributed by atoms with E-state index in [1.165, 1.54) is 10.8 Å². The Kier molecular flexibility index (Phi) is 3.16. The second-order valence-corrected chi connectivity index (χ2v) is 5.69. The minimum atomic E-state index is 0.0608. The lowest BCUT2D eigenvalue weighted by atomic mass is 10.00. The summed E-state index contributed by atoms with van der Waals surface area (Å²) >= 11 is 0. The van der Waals surface area contributed by atoms with Crippen molar-refractivity contribution >= 4 is 27.5 Å². The molecule has 0 saturated heterocycles. The molecular formula is C21H15NO. The van der Waals surface area contributed by atoms with E-state index in [4.69, 9.17) is 4.98 Å². The molecule has 23 heavy (non-hydrogen) atoms. The van der Waals surface area contributed by atoms with Crippen LogP contribution in [-0.4, -0.2) is 10.8 Å². The van der Waals surface area contributed by atoms with Crippen LogP contribution in [0, 0.1) is 0 Å². The van der Waals surface area contributed by atoms with E-state index in [-0.39, 0.29) is 5.78 Å². The van der Waals surface area contributed by atoms with Gasteiger partial charge in [0.25, 0.3) is 0 Å². The monoisotopic (exact) mass is 297 g/mol. The number of hydrogen-bond donors (Lipinski definition) is 0. The van der Waals surface area contributed by atoms with Crippen LogP contribution in [0.15, 0.2) is 72.8 Å². The molecule has 0 bridgehead atoms. The van der Waals surface area contributed by atoms with Crippen molar-refractivity contribution < 1.29 is 4.79 Å². The topological polar surface area (TPSA) is 30.0 Å². The second kappa shape index (κ2) is 5.33. The minimum absolute atomic E-state index is 0.0608. The first kappa shape index (κ1) is 13.6. The number of Topliss-reactive ketones (excluding diaryl/α,β-unsaturated/α-hetero) is 1. The summed E-state index contributed by atoms with van der Waals surface area (Å²) in [5, 5.41) is 3.28. The number of rotatable bonds is 2. The number of hydrogen-bond acceptors (Lipinski definition) is 2. The SMILES string of the molecule is CC(=O)c1cc(-c2ccc3ccccc3c2)nc2ccccc12. The van der Waals surface area contributed by atoms with Crippen molar-refractivity contribution in [2.75, 3.05) is 0 Å². The maximum Gasteiger partial charge on any atom is 0.160 e. The lowest BCUT2D eigenvalue weighted by Crippen LogP contribution is -1.97. The van der Waals surface area contributed by atoms with E-state index in [2.05, 4.69) is 30.3 Å². The van der Waals surface area contributed by atoms with Crippen LogP contribution in [0.2, 0.25) is 0 Å². The highest BCUT2D eigenvalue weighted by molar-refractivity contribution is 6.07. The third-order valence-electron chi connectivity index (χ3n) is 4.14. The highest BCUT2D eigenvalue weighted by atomic mass is 16.1. The fourth-order valence-electron chi connectivity index (χ4n) is 2.96. The number of aromatic nitrogens is 1. The zero-order valence-corrected chi connectivity index (χ0v) is 12.8. The van der Waals surface area contributed by atoms with E-state index in [1.807, 2.05) is 42.5 Å². The van der Waals surface area contributed by atoms with Crippen LogP contribution in [0.1, 0.15) is 17.3 Å². The number of nitrogens with zero attached hydrogens (tertiary/aromatic N) is 1. The van der Waals surface area contributed by atoms with Crippen LogP contribution in [-0.2, 0) is 0 Å². The van der Waals surface area contributed by atoms with E-state index in [1.54, 1.807) is 6.92 Å². The summed E-state index contributed by atoms with van der Waals surface area (Å²) < 4.78 is 0. The molecule has 4 rings (SSSR count). The average Bonchev–Trinajstić information content (AvgIpc) is 2.60. The van der Waals surface area contributed by atoms with Crippen LogP contribution in [0.5, 0.6) is 0 Å². The summed E-state index contributed by atoms with van der Waals surface area (Å²) in [6, 6.07) is 24.2. The molecule has 110 valence electrons. The van der Waals surface area contributed by atoms with Gasteiger partial charge in [0.1, 0.15) is 0 Å². The molecule has 2 heteroatoms. The highest BCUT2D eigenvalue weighted by Crippen LogP contribution is 2.27. The van der Waals surface area contributed by atoms with Crippen LogP contribution < -0.4 is 0 Å². The number of carbonyl (C=O) groups is 1. The minimum Gasteiger partial charge on any atom is -0.294 e. The van der Waals surface area contributed by atoms with Crippen molar-refractivity contribution in [3.8, 4) is 11.3 Å². The molecule has 0 fully saturated rings. The van der Waals surface area contributed by atoms with Crippen LogP contribution in [0.3, 0.4) is 0 Å². The third-order valence-corrected chi connectivity index (χ3v) is 4.14.